The lowest BCUT2D eigenvalue weighted by Crippen LogP contribution is -2.54. The number of Topliss-reactive ketones (excluding diaryl/α,β-unsaturated/α-hetero) is 1. The Labute approximate surface area is 501 Å². The summed E-state index contributed by atoms with van der Waals surface area (Å²) in [5, 5.41) is 40.1. The van der Waals surface area contributed by atoms with Gasteiger partial charge < -0.3 is 55.1 Å². The van der Waals surface area contributed by atoms with Gasteiger partial charge in [0.2, 0.25) is 17.7 Å². The zero-order chi connectivity index (χ0) is 59.1. The Morgan fingerprint density at radius 3 is 2.39 bits per heavy atom. The molecule has 5 aliphatic rings. The number of pyridine rings is 1. The molecule has 3 saturated heterocycles. The number of hydrogen-bond acceptors (Lipinski definition) is 19. The maximum absolute atomic E-state index is 14.1. The highest BCUT2D eigenvalue weighted by atomic mass is 32.1. The van der Waals surface area contributed by atoms with Crippen molar-refractivity contribution in [2.75, 3.05) is 61.9 Å². The SMILES string of the molecule is CNC(=O)CCC[C@H](NC(=O)[C@@H]1C[C@@H](O)CC1CCC(=O)[C@H](c1cc(OCCN2CCC(O[C@H]3C[C@H](Oc4cc(N5C6CCC5CN(c5cc(-c7ccccc7O)nnc5N)C6)ccn4)C3)CC2)no1)C(C)C)c1ccc(-c2scnc2C)cc1. The maximum atomic E-state index is 14.1. The van der Waals surface area contributed by atoms with E-state index in [1.807, 2.05) is 74.9 Å². The average Bonchev–Trinajstić information content (AvgIpc) is 2.80. The number of amides is 2. The van der Waals surface area contributed by atoms with Crippen LogP contribution in [-0.4, -0.2) is 141 Å². The van der Waals surface area contributed by atoms with Gasteiger partial charge in [-0.15, -0.1) is 21.5 Å². The molecule has 2 aliphatic carbocycles. The summed E-state index contributed by atoms with van der Waals surface area (Å²) in [5.74, 6) is 0.549. The smallest absolute Gasteiger partial charge is 0.254 e. The lowest BCUT2D eigenvalue weighted by atomic mass is 9.83. The van der Waals surface area contributed by atoms with E-state index in [0.717, 1.165) is 104 Å². The van der Waals surface area contributed by atoms with Crippen LogP contribution in [0.25, 0.3) is 21.7 Å². The Balaban J connectivity index is 0.594. The number of benzene rings is 2. The third-order valence-electron chi connectivity index (χ3n) is 18.1. The standard InChI is InChI=1S/C64H81N11O9S/c1-38(2)61(56(78)19-16-42-28-46(76)30-51(42)64(80)69-52(9-7-11-58(79)66-4)40-12-14-41(15-13-40)62-39(3)68-37-85-62)57-34-60(72-84-57)81-27-26-73-24-21-47(22-25-73)82-48-31-49(32-48)83-59-29-43(20-23-67-59)75-44-17-18-45(75)36-74(35-44)54-33-53(70-71-63(54)65)50-8-5-6-10-55(50)77/h5-6,8,10,12-15,20,23,29,33-34,37-38,42,44-49,51-52,61,76-77H,7,9,11,16-19,21-22,24-28,30-32,35-36H2,1-4H3,(H2,65,71)(H,66,79)(H,69,80)/t42?,44?,45?,46-,48-,49-,51+,52-,61+/m0/s1. The minimum atomic E-state index is -0.638. The number of ketones is 1. The van der Waals surface area contributed by atoms with Crippen molar-refractivity contribution < 1.29 is 43.3 Å². The van der Waals surface area contributed by atoms with Gasteiger partial charge in [0.25, 0.3) is 5.88 Å². The number of thiazole rings is 1. The van der Waals surface area contributed by atoms with Crippen LogP contribution in [0.4, 0.5) is 17.2 Å². The second kappa shape index (κ2) is 27.0. The first kappa shape index (κ1) is 59.5. The van der Waals surface area contributed by atoms with Gasteiger partial charge in [-0.1, -0.05) is 50.2 Å². The number of rotatable bonds is 25. The lowest BCUT2D eigenvalue weighted by molar-refractivity contribution is -0.128. The topological polar surface area (TPSA) is 257 Å². The number of carbonyl (C=O) groups is 3. The number of aliphatic hydroxyl groups excluding tert-OH is 1. The van der Waals surface area contributed by atoms with E-state index in [1.165, 1.54) is 0 Å². The Hall–Kier alpha value is -7.20. The monoisotopic (exact) mass is 1180 g/mol. The maximum Gasteiger partial charge on any atom is 0.254 e. The van der Waals surface area contributed by atoms with Crippen LogP contribution < -0.4 is 35.6 Å². The molecule has 2 aromatic carbocycles. The Morgan fingerprint density at radius 2 is 1.66 bits per heavy atom. The molecule has 452 valence electrons. The van der Waals surface area contributed by atoms with Crippen LogP contribution in [0, 0.1) is 24.7 Å². The Bertz CT molecular complexity index is 3220. The van der Waals surface area contributed by atoms with Gasteiger partial charge in [0.1, 0.15) is 24.2 Å². The van der Waals surface area contributed by atoms with E-state index in [4.69, 9.17) is 24.5 Å². The number of nitrogens with two attached hydrogens (primary N) is 1. The summed E-state index contributed by atoms with van der Waals surface area (Å²) in [5.41, 5.74) is 14.4. The van der Waals surface area contributed by atoms with Gasteiger partial charge in [-0.2, -0.15) is 0 Å². The van der Waals surface area contributed by atoms with Crippen molar-refractivity contribution in [1.82, 2.24) is 40.9 Å². The molecule has 2 bridgehead atoms. The van der Waals surface area contributed by atoms with Crippen molar-refractivity contribution in [2.45, 2.75) is 153 Å². The summed E-state index contributed by atoms with van der Waals surface area (Å²) >= 11 is 1.59. The van der Waals surface area contributed by atoms with Crippen LogP contribution in [0.2, 0.25) is 0 Å². The predicted molar refractivity (Wildman–Crippen MR) is 324 cm³/mol. The largest absolute Gasteiger partial charge is 0.507 e. The van der Waals surface area contributed by atoms with Crippen molar-refractivity contribution in [3.63, 3.8) is 0 Å². The van der Waals surface area contributed by atoms with Gasteiger partial charge in [-0.05, 0) is 117 Å². The van der Waals surface area contributed by atoms with Crippen molar-refractivity contribution in [3.05, 3.63) is 102 Å². The number of piperazine rings is 1. The van der Waals surface area contributed by atoms with Crippen molar-refractivity contribution in [2.24, 2.45) is 17.8 Å². The number of nitrogen functional groups attached to an aromatic ring is 1. The number of nitrogens with zero attached hydrogens (tertiary/aromatic N) is 8. The number of piperidine rings is 1. The number of phenols is 1. The number of ether oxygens (including phenoxy) is 3. The number of likely N-dealkylation sites (tertiary alicyclic amines) is 1. The summed E-state index contributed by atoms with van der Waals surface area (Å²) < 4.78 is 24.9. The van der Waals surface area contributed by atoms with E-state index in [2.05, 4.69) is 62.8 Å². The third-order valence-corrected chi connectivity index (χ3v) is 19.1. The molecule has 6 aromatic rings. The number of anilines is 3. The molecule has 2 amide bonds. The first-order valence-electron chi connectivity index (χ1n) is 30.5. The summed E-state index contributed by atoms with van der Waals surface area (Å²) in [7, 11) is 1.62. The van der Waals surface area contributed by atoms with Gasteiger partial charge in [0, 0.05) is 113 Å². The zero-order valence-electron chi connectivity index (χ0n) is 49.2. The number of carbonyl (C=O) groups excluding carboxylic acids is 3. The molecule has 7 atom stereocenters. The fraction of sp³-hybridized carbons (Fsp3) is 0.531. The molecule has 85 heavy (non-hydrogen) atoms. The normalized spacial score (nSPS) is 23.2. The molecule has 4 aromatic heterocycles. The molecule has 7 heterocycles. The van der Waals surface area contributed by atoms with Crippen molar-refractivity contribution in [1.29, 1.82) is 0 Å². The summed E-state index contributed by atoms with van der Waals surface area (Å²) in [6.45, 7) is 10.5. The van der Waals surface area contributed by atoms with Crippen LogP contribution in [0.1, 0.15) is 126 Å². The van der Waals surface area contributed by atoms with Crippen LogP contribution in [0.3, 0.4) is 0 Å². The second-order valence-corrected chi connectivity index (χ2v) is 25.1. The predicted octanol–water partition coefficient (Wildman–Crippen LogP) is 8.82. The molecule has 20 nitrogen and oxygen atoms in total. The molecule has 21 heteroatoms. The third kappa shape index (κ3) is 14.2. The molecule has 5 fully saturated rings. The molecule has 11 rings (SSSR count). The van der Waals surface area contributed by atoms with Crippen LogP contribution >= 0.6 is 11.3 Å². The molecule has 6 N–H and O–H groups in total. The molecule has 0 radical (unpaired) electrons. The number of nitrogens with one attached hydrogen (secondary N) is 2. The van der Waals surface area contributed by atoms with Crippen LogP contribution in [0.5, 0.6) is 17.5 Å². The van der Waals surface area contributed by atoms with Gasteiger partial charge in [0.15, 0.2) is 11.6 Å². The zero-order valence-corrected chi connectivity index (χ0v) is 50.0. The summed E-state index contributed by atoms with van der Waals surface area (Å²) in [6.07, 6.45) is 10.2. The number of aliphatic hydroxyl groups is 1. The number of phenolic OH excluding ortho intramolecular Hbond substituents is 1. The number of fused-ring (bicyclic) bond motifs is 2. The number of aromatic nitrogens is 5. The number of hydrogen-bond donors (Lipinski definition) is 5. The van der Waals surface area contributed by atoms with E-state index < -0.39 is 17.9 Å². The van der Waals surface area contributed by atoms with Crippen LogP contribution in [-0.2, 0) is 19.1 Å². The van der Waals surface area contributed by atoms with E-state index in [-0.39, 0.29) is 78.0 Å². The van der Waals surface area contributed by atoms with Crippen molar-refractivity contribution >= 4 is 46.1 Å². The van der Waals surface area contributed by atoms with E-state index in [9.17, 15) is 24.6 Å². The van der Waals surface area contributed by atoms with Gasteiger partial charge >= 0.3 is 0 Å². The summed E-state index contributed by atoms with van der Waals surface area (Å²) in [6, 6.07) is 23.3. The van der Waals surface area contributed by atoms with E-state index in [0.29, 0.717) is 79.7 Å². The number of aryl methyl sites for hydroxylation is 1. The highest BCUT2D eigenvalue weighted by Gasteiger charge is 2.43. The molecular weight excluding hydrogens is 1100 g/mol. The number of para-hydroxylation sites is 1. The molecule has 0 spiro atoms. The van der Waals surface area contributed by atoms with Gasteiger partial charge in [-0.25, -0.2) is 9.97 Å². The van der Waals surface area contributed by atoms with Crippen molar-refractivity contribution in [3.8, 4) is 39.2 Å². The Kier molecular flexibility index (Phi) is 18.9. The first-order chi connectivity index (χ1) is 41.2. The van der Waals surface area contributed by atoms with E-state index >= 15 is 0 Å². The quantitative estimate of drug-likeness (QED) is 0.0359. The molecule has 3 unspecified atom stereocenters. The molecular formula is C64H81N11O9S. The minimum absolute atomic E-state index is 0.00235. The fourth-order valence-electron chi connectivity index (χ4n) is 13.5. The highest BCUT2D eigenvalue weighted by molar-refractivity contribution is 7.13. The summed E-state index contributed by atoms with van der Waals surface area (Å²) in [4.78, 5) is 57.6. The second-order valence-electron chi connectivity index (χ2n) is 24.2. The fourth-order valence-corrected chi connectivity index (χ4v) is 14.3. The lowest BCUT2D eigenvalue weighted by Gasteiger charge is -2.43. The van der Waals surface area contributed by atoms with Gasteiger partial charge in [-0.3, -0.25) is 19.3 Å². The Morgan fingerprint density at radius 1 is 0.882 bits per heavy atom. The average molecular weight is 1180 g/mol. The number of aromatic hydroxyl groups is 1. The highest BCUT2D eigenvalue weighted by Crippen LogP contribution is 2.42. The van der Waals surface area contributed by atoms with Crippen LogP contribution in [0.15, 0.2) is 89.0 Å². The van der Waals surface area contributed by atoms with E-state index in [1.54, 1.807) is 36.6 Å². The minimum Gasteiger partial charge on any atom is -0.507 e. The molecule has 3 aliphatic heterocycles. The molecule has 2 saturated carbocycles. The van der Waals surface area contributed by atoms with Gasteiger partial charge in [0.05, 0.1) is 57.7 Å². The first-order valence-corrected chi connectivity index (χ1v) is 31.4.